The molecule has 2 aromatic carbocycles. The number of nitrogens with zero attached hydrogens (tertiary/aromatic N) is 2. The first-order valence-electron chi connectivity index (χ1n) is 7.05. The van der Waals surface area contributed by atoms with Crippen molar-refractivity contribution in [2.24, 2.45) is 5.14 Å². The molecular formula is C16H12BrF2N3O2S. The molecule has 9 heteroatoms. The van der Waals surface area contributed by atoms with Crippen LogP contribution in [0.2, 0.25) is 0 Å². The molecule has 0 atom stereocenters. The van der Waals surface area contributed by atoms with Crippen molar-refractivity contribution in [1.29, 1.82) is 0 Å². The number of primary sulfonamides is 1. The Hall–Kier alpha value is -2.10. The van der Waals surface area contributed by atoms with Gasteiger partial charge in [-0.25, -0.2) is 27.0 Å². The van der Waals surface area contributed by atoms with Crippen molar-refractivity contribution >= 4 is 26.0 Å². The average molecular weight is 428 g/mol. The highest BCUT2D eigenvalue weighted by Crippen LogP contribution is 2.38. The number of alkyl halides is 2. The van der Waals surface area contributed by atoms with Crippen LogP contribution in [0.1, 0.15) is 12.1 Å². The average Bonchev–Trinajstić information content (AvgIpc) is 2.92. The first kappa shape index (κ1) is 17.7. The lowest BCUT2D eigenvalue weighted by Gasteiger charge is -2.11. The highest BCUT2D eigenvalue weighted by molar-refractivity contribution is 9.10. The second kappa shape index (κ2) is 6.66. The summed E-state index contributed by atoms with van der Waals surface area (Å²) in [5, 5.41) is 9.19. The van der Waals surface area contributed by atoms with Crippen LogP contribution >= 0.6 is 15.9 Å². The zero-order valence-electron chi connectivity index (χ0n) is 12.6. The van der Waals surface area contributed by atoms with Crippen molar-refractivity contribution in [3.63, 3.8) is 0 Å². The molecule has 1 heterocycles. The third-order valence-corrected chi connectivity index (χ3v) is 5.25. The smallest absolute Gasteiger partial charge is 0.230 e. The van der Waals surface area contributed by atoms with Gasteiger partial charge < -0.3 is 0 Å². The second-order valence-corrected chi connectivity index (χ2v) is 7.46. The zero-order valence-corrected chi connectivity index (χ0v) is 15.0. The molecule has 2 N–H and O–H groups in total. The quantitative estimate of drug-likeness (QED) is 0.685. The van der Waals surface area contributed by atoms with Crippen LogP contribution in [0.15, 0.2) is 64.0 Å². The van der Waals surface area contributed by atoms with Gasteiger partial charge in [0.25, 0.3) is 6.43 Å². The summed E-state index contributed by atoms with van der Waals surface area (Å²) in [6, 6.07) is 14.5. The molecule has 0 spiro atoms. The maximum absolute atomic E-state index is 13.3. The number of sulfonamides is 1. The number of hydrogen-bond acceptors (Lipinski definition) is 3. The lowest BCUT2D eigenvalue weighted by molar-refractivity contribution is 0.144. The van der Waals surface area contributed by atoms with Crippen LogP contribution in [0, 0.1) is 0 Å². The molecule has 0 aliphatic heterocycles. The normalized spacial score (nSPS) is 11.9. The van der Waals surface area contributed by atoms with Gasteiger partial charge in [0, 0.05) is 5.56 Å². The predicted molar refractivity (Wildman–Crippen MR) is 93.0 cm³/mol. The molecule has 130 valence electrons. The Labute approximate surface area is 151 Å². The van der Waals surface area contributed by atoms with Crippen molar-refractivity contribution < 1.29 is 17.2 Å². The number of para-hydroxylation sites is 1. The number of rotatable bonds is 4. The number of aromatic nitrogens is 2. The first-order chi connectivity index (χ1) is 11.8. The van der Waals surface area contributed by atoms with Gasteiger partial charge in [-0.1, -0.05) is 42.5 Å². The SMILES string of the molecule is NS(=O)(=O)c1ccccc1-n1nc(C(F)F)c(Br)c1-c1ccccc1. The summed E-state index contributed by atoms with van der Waals surface area (Å²) >= 11 is 3.17. The van der Waals surface area contributed by atoms with Gasteiger partial charge in [0.05, 0.1) is 15.9 Å². The topological polar surface area (TPSA) is 78.0 Å². The predicted octanol–water partition coefficient (Wildman–Crippen LogP) is 3.89. The van der Waals surface area contributed by atoms with Gasteiger partial charge >= 0.3 is 0 Å². The highest BCUT2D eigenvalue weighted by atomic mass is 79.9. The summed E-state index contributed by atoms with van der Waals surface area (Å²) in [4.78, 5) is -0.206. The van der Waals surface area contributed by atoms with Gasteiger partial charge in [0.15, 0.2) is 0 Å². The molecule has 0 unspecified atom stereocenters. The Kier molecular flexibility index (Phi) is 4.72. The van der Waals surface area contributed by atoms with E-state index in [0.717, 1.165) is 0 Å². The van der Waals surface area contributed by atoms with Crippen LogP contribution in [-0.4, -0.2) is 18.2 Å². The molecule has 0 saturated heterocycles. The van der Waals surface area contributed by atoms with E-state index >= 15 is 0 Å². The summed E-state index contributed by atoms with van der Waals surface area (Å²) < 4.78 is 51.7. The maximum Gasteiger partial charge on any atom is 0.283 e. The Morgan fingerprint density at radius 3 is 2.24 bits per heavy atom. The third kappa shape index (κ3) is 3.35. The molecule has 3 aromatic rings. The third-order valence-electron chi connectivity index (χ3n) is 3.51. The van der Waals surface area contributed by atoms with E-state index in [1.54, 1.807) is 36.4 Å². The van der Waals surface area contributed by atoms with E-state index in [9.17, 15) is 17.2 Å². The van der Waals surface area contributed by atoms with E-state index < -0.39 is 22.1 Å². The summed E-state index contributed by atoms with van der Waals surface area (Å²) in [6.07, 6.45) is -2.83. The van der Waals surface area contributed by atoms with Gasteiger partial charge in [-0.15, -0.1) is 0 Å². The molecule has 1 aromatic heterocycles. The number of nitrogens with two attached hydrogens (primary N) is 1. The Morgan fingerprint density at radius 2 is 1.64 bits per heavy atom. The van der Waals surface area contributed by atoms with Crippen LogP contribution in [0.4, 0.5) is 8.78 Å². The van der Waals surface area contributed by atoms with Crippen molar-refractivity contribution in [3.05, 3.63) is 64.8 Å². The molecule has 0 aliphatic rings. The van der Waals surface area contributed by atoms with Crippen LogP contribution in [0.3, 0.4) is 0 Å². The standard InChI is InChI=1S/C16H12BrF2N3O2S/c17-13-14(16(18)19)21-22(15(13)10-6-2-1-3-7-10)11-8-4-5-9-12(11)25(20,23)24/h1-9,16H,(H2,20,23,24). The molecule has 0 bridgehead atoms. The Bertz CT molecular complexity index is 1020. The molecule has 0 radical (unpaired) electrons. The second-order valence-electron chi connectivity index (χ2n) is 5.14. The van der Waals surface area contributed by atoms with E-state index in [0.29, 0.717) is 11.3 Å². The molecule has 3 rings (SSSR count). The lowest BCUT2D eigenvalue weighted by atomic mass is 10.1. The minimum absolute atomic E-state index is 0.0939. The Morgan fingerprint density at radius 1 is 1.04 bits per heavy atom. The van der Waals surface area contributed by atoms with E-state index in [1.165, 1.54) is 22.9 Å². The van der Waals surface area contributed by atoms with Gasteiger partial charge in [-0.05, 0) is 28.1 Å². The summed E-state index contributed by atoms with van der Waals surface area (Å²) in [5.41, 5.74) is 0.518. The molecule has 5 nitrogen and oxygen atoms in total. The fourth-order valence-corrected chi connectivity index (χ4v) is 3.81. The van der Waals surface area contributed by atoms with Crippen molar-refractivity contribution in [1.82, 2.24) is 9.78 Å². The molecule has 25 heavy (non-hydrogen) atoms. The minimum atomic E-state index is -4.07. The van der Waals surface area contributed by atoms with Gasteiger partial charge in [0.2, 0.25) is 10.0 Å². The van der Waals surface area contributed by atoms with Gasteiger partial charge in [-0.2, -0.15) is 5.10 Å². The molecule has 0 amide bonds. The highest BCUT2D eigenvalue weighted by Gasteiger charge is 2.26. The van der Waals surface area contributed by atoms with Crippen LogP contribution in [-0.2, 0) is 10.0 Å². The summed E-state index contributed by atoms with van der Waals surface area (Å²) in [6.45, 7) is 0. The van der Waals surface area contributed by atoms with E-state index in [-0.39, 0.29) is 15.1 Å². The van der Waals surface area contributed by atoms with Crippen molar-refractivity contribution in [2.45, 2.75) is 11.3 Å². The number of benzene rings is 2. The van der Waals surface area contributed by atoms with Gasteiger partial charge in [0.1, 0.15) is 10.6 Å². The largest absolute Gasteiger partial charge is 0.283 e. The van der Waals surface area contributed by atoms with Crippen LogP contribution in [0.25, 0.3) is 16.9 Å². The molecule has 0 aliphatic carbocycles. The molecular weight excluding hydrogens is 416 g/mol. The fraction of sp³-hybridized carbons (Fsp3) is 0.0625. The lowest BCUT2D eigenvalue weighted by Crippen LogP contribution is -2.16. The summed E-state index contributed by atoms with van der Waals surface area (Å²) in [7, 11) is -4.07. The Balaban J connectivity index is 2.37. The van der Waals surface area contributed by atoms with E-state index in [2.05, 4.69) is 21.0 Å². The minimum Gasteiger partial charge on any atom is -0.230 e. The molecule has 0 saturated carbocycles. The monoisotopic (exact) mass is 427 g/mol. The zero-order chi connectivity index (χ0) is 18.2. The summed E-state index contributed by atoms with van der Waals surface area (Å²) in [5.74, 6) is 0. The van der Waals surface area contributed by atoms with Crippen LogP contribution < -0.4 is 5.14 Å². The fourth-order valence-electron chi connectivity index (χ4n) is 2.45. The first-order valence-corrected chi connectivity index (χ1v) is 9.39. The van der Waals surface area contributed by atoms with E-state index in [1.807, 2.05) is 0 Å². The number of hydrogen-bond donors (Lipinski definition) is 1. The molecule has 0 fully saturated rings. The van der Waals surface area contributed by atoms with Gasteiger partial charge in [-0.3, -0.25) is 0 Å². The van der Waals surface area contributed by atoms with Crippen molar-refractivity contribution in [3.8, 4) is 16.9 Å². The van der Waals surface area contributed by atoms with Crippen LogP contribution in [0.5, 0.6) is 0 Å². The van der Waals surface area contributed by atoms with E-state index in [4.69, 9.17) is 5.14 Å². The maximum atomic E-state index is 13.3. The number of halogens is 3. The van der Waals surface area contributed by atoms with Crippen molar-refractivity contribution in [2.75, 3.05) is 0 Å².